The topological polar surface area (TPSA) is 61.4 Å². The van der Waals surface area contributed by atoms with E-state index in [-0.39, 0.29) is 0 Å². The van der Waals surface area contributed by atoms with Crippen molar-refractivity contribution in [1.29, 1.82) is 0 Å². The monoisotopic (exact) mass is 275 g/mol. The van der Waals surface area contributed by atoms with Crippen LogP contribution in [-0.4, -0.2) is 44.9 Å². The van der Waals surface area contributed by atoms with E-state index in [1.165, 1.54) is 12.8 Å². The van der Waals surface area contributed by atoms with Crippen molar-refractivity contribution in [3.05, 3.63) is 0 Å². The molecule has 1 saturated heterocycles. The minimum absolute atomic E-state index is 0.503. The second-order valence-corrected chi connectivity index (χ2v) is 7.18. The maximum atomic E-state index is 11.9. The van der Waals surface area contributed by atoms with Crippen LogP contribution in [-0.2, 0) is 10.2 Å². The van der Waals surface area contributed by atoms with Gasteiger partial charge in [0.25, 0.3) is 10.2 Å². The third kappa shape index (κ3) is 4.19. The van der Waals surface area contributed by atoms with Gasteiger partial charge in [0.1, 0.15) is 0 Å². The summed E-state index contributed by atoms with van der Waals surface area (Å²) in [6.07, 6.45) is 5.42. The van der Waals surface area contributed by atoms with Crippen molar-refractivity contribution in [2.75, 3.05) is 26.2 Å². The van der Waals surface area contributed by atoms with E-state index < -0.39 is 10.2 Å². The van der Waals surface area contributed by atoms with E-state index in [4.69, 9.17) is 0 Å². The summed E-state index contributed by atoms with van der Waals surface area (Å²) >= 11 is 0. The molecule has 2 N–H and O–H groups in total. The maximum Gasteiger partial charge on any atom is 0.279 e. The molecule has 2 rings (SSSR count). The Bertz CT molecular complexity index is 346. The molecule has 0 radical (unpaired) electrons. The van der Waals surface area contributed by atoms with Crippen molar-refractivity contribution in [3.8, 4) is 0 Å². The lowest BCUT2D eigenvalue weighted by Crippen LogP contribution is -2.49. The first-order valence-corrected chi connectivity index (χ1v) is 8.54. The Kier molecular flexibility index (Phi) is 5.00. The lowest BCUT2D eigenvalue weighted by atomic mass is 10.1. The Labute approximate surface area is 110 Å². The lowest BCUT2D eigenvalue weighted by Gasteiger charge is -2.31. The molecular formula is C12H25N3O2S. The number of nitrogens with one attached hydrogen (secondary N) is 2. The van der Waals surface area contributed by atoms with Gasteiger partial charge in [-0.3, -0.25) is 0 Å². The smallest absolute Gasteiger partial charge is 0.279 e. The molecule has 1 aliphatic heterocycles. The minimum atomic E-state index is -3.23. The van der Waals surface area contributed by atoms with Gasteiger partial charge in [0.15, 0.2) is 0 Å². The zero-order valence-corrected chi connectivity index (χ0v) is 12.0. The van der Waals surface area contributed by atoms with E-state index in [0.29, 0.717) is 25.7 Å². The highest BCUT2D eigenvalue weighted by molar-refractivity contribution is 7.87. The molecule has 106 valence electrons. The molecule has 18 heavy (non-hydrogen) atoms. The molecular weight excluding hydrogens is 250 g/mol. The summed E-state index contributed by atoms with van der Waals surface area (Å²) < 4.78 is 28.1. The van der Waals surface area contributed by atoms with Crippen LogP contribution >= 0.6 is 0 Å². The van der Waals surface area contributed by atoms with Crippen molar-refractivity contribution < 1.29 is 8.42 Å². The predicted molar refractivity (Wildman–Crippen MR) is 72.5 cm³/mol. The van der Waals surface area contributed by atoms with Crippen molar-refractivity contribution in [2.24, 2.45) is 5.92 Å². The van der Waals surface area contributed by atoms with Gasteiger partial charge >= 0.3 is 0 Å². The van der Waals surface area contributed by atoms with Crippen LogP contribution in [0.25, 0.3) is 0 Å². The van der Waals surface area contributed by atoms with Gasteiger partial charge in [0.05, 0.1) is 0 Å². The van der Waals surface area contributed by atoms with E-state index in [9.17, 15) is 8.42 Å². The quantitative estimate of drug-likeness (QED) is 0.719. The van der Waals surface area contributed by atoms with Gasteiger partial charge in [0.2, 0.25) is 0 Å². The van der Waals surface area contributed by atoms with Crippen molar-refractivity contribution in [2.45, 2.75) is 45.1 Å². The number of piperidine rings is 1. The van der Waals surface area contributed by atoms with E-state index in [0.717, 1.165) is 31.7 Å². The molecule has 0 amide bonds. The van der Waals surface area contributed by atoms with Gasteiger partial charge in [-0.05, 0) is 44.6 Å². The first-order chi connectivity index (χ1) is 8.62. The summed E-state index contributed by atoms with van der Waals surface area (Å²) in [4.78, 5) is 0. The van der Waals surface area contributed by atoms with Crippen molar-refractivity contribution in [3.63, 3.8) is 0 Å². The Hall–Kier alpha value is -0.170. The third-order valence-electron chi connectivity index (χ3n) is 3.72. The van der Waals surface area contributed by atoms with Crippen molar-refractivity contribution >= 4 is 10.2 Å². The number of hydrogen-bond acceptors (Lipinski definition) is 3. The van der Waals surface area contributed by atoms with Crippen molar-refractivity contribution in [1.82, 2.24) is 14.3 Å². The summed E-state index contributed by atoms with van der Waals surface area (Å²) in [6.45, 7) is 4.90. The normalized spacial score (nSPS) is 23.4. The average molecular weight is 275 g/mol. The van der Waals surface area contributed by atoms with E-state index in [1.807, 2.05) is 6.92 Å². The van der Waals surface area contributed by atoms with Crippen LogP contribution in [0.1, 0.15) is 39.0 Å². The molecule has 1 heterocycles. The average Bonchev–Trinajstić information content (AvgIpc) is 3.18. The molecule has 0 unspecified atom stereocenters. The second kappa shape index (κ2) is 6.32. The summed E-state index contributed by atoms with van der Waals surface area (Å²) in [5, 5.41) is 3.56. The molecule has 6 heteroatoms. The van der Waals surface area contributed by atoms with Crippen LogP contribution in [0.3, 0.4) is 0 Å². The van der Waals surface area contributed by atoms with Gasteiger partial charge in [-0.15, -0.1) is 0 Å². The largest absolute Gasteiger partial charge is 0.314 e. The number of hydrogen-bond donors (Lipinski definition) is 2. The fraction of sp³-hybridized carbons (Fsp3) is 1.00. The molecule has 0 atom stereocenters. The molecule has 1 aliphatic carbocycles. The van der Waals surface area contributed by atoms with Gasteiger partial charge in [0, 0.05) is 25.7 Å². The van der Waals surface area contributed by atoms with Gasteiger partial charge in [-0.2, -0.15) is 12.7 Å². The van der Waals surface area contributed by atoms with E-state index in [1.54, 1.807) is 4.31 Å². The van der Waals surface area contributed by atoms with E-state index >= 15 is 0 Å². The van der Waals surface area contributed by atoms with Crippen LogP contribution in [0, 0.1) is 5.92 Å². The minimum Gasteiger partial charge on any atom is -0.314 e. The van der Waals surface area contributed by atoms with Gasteiger partial charge in [-0.1, -0.05) is 6.92 Å². The van der Waals surface area contributed by atoms with Crippen LogP contribution in [0.5, 0.6) is 0 Å². The number of rotatable bonds is 7. The molecule has 2 aliphatic rings. The molecule has 0 aromatic rings. The molecule has 0 spiro atoms. The molecule has 1 saturated carbocycles. The Morgan fingerprint density at radius 3 is 2.39 bits per heavy atom. The van der Waals surface area contributed by atoms with Crippen LogP contribution in [0.15, 0.2) is 0 Å². The SMILES string of the molecule is CCCNS(=O)(=O)N1CCC(NCC2CC2)CC1. The van der Waals surface area contributed by atoms with Crippen LogP contribution in [0.4, 0.5) is 0 Å². The summed E-state index contributed by atoms with van der Waals surface area (Å²) in [5.41, 5.74) is 0. The van der Waals surface area contributed by atoms with Crippen LogP contribution < -0.4 is 10.0 Å². The fourth-order valence-electron chi connectivity index (χ4n) is 2.28. The Balaban J connectivity index is 1.71. The predicted octanol–water partition coefficient (Wildman–Crippen LogP) is 0.695. The Morgan fingerprint density at radius 2 is 1.83 bits per heavy atom. The zero-order valence-electron chi connectivity index (χ0n) is 11.2. The Morgan fingerprint density at radius 1 is 1.17 bits per heavy atom. The summed E-state index contributed by atoms with van der Waals surface area (Å²) in [6, 6.07) is 0.503. The molecule has 0 bridgehead atoms. The van der Waals surface area contributed by atoms with Gasteiger partial charge in [-0.25, -0.2) is 4.72 Å². The zero-order chi connectivity index (χ0) is 13.0. The van der Waals surface area contributed by atoms with Gasteiger partial charge < -0.3 is 5.32 Å². The maximum absolute atomic E-state index is 11.9. The molecule has 2 fully saturated rings. The number of nitrogens with zero attached hydrogens (tertiary/aromatic N) is 1. The second-order valence-electron chi connectivity index (χ2n) is 5.42. The first kappa shape index (κ1) is 14.2. The standard InChI is InChI=1S/C12H25N3O2S/c1-2-7-14-18(16,17)15-8-5-12(6-9-15)13-10-11-3-4-11/h11-14H,2-10H2,1H3. The fourth-order valence-corrected chi connectivity index (χ4v) is 3.61. The highest BCUT2D eigenvalue weighted by atomic mass is 32.2. The highest BCUT2D eigenvalue weighted by Crippen LogP contribution is 2.28. The third-order valence-corrected chi connectivity index (χ3v) is 5.33. The lowest BCUT2D eigenvalue weighted by molar-refractivity contribution is 0.285. The molecule has 0 aromatic heterocycles. The first-order valence-electron chi connectivity index (χ1n) is 7.10. The highest BCUT2D eigenvalue weighted by Gasteiger charge is 2.28. The van der Waals surface area contributed by atoms with E-state index in [2.05, 4.69) is 10.0 Å². The summed E-state index contributed by atoms with van der Waals surface area (Å²) in [5.74, 6) is 0.887. The van der Waals surface area contributed by atoms with Crippen LogP contribution in [0.2, 0.25) is 0 Å². The molecule has 5 nitrogen and oxygen atoms in total. The summed E-state index contributed by atoms with van der Waals surface area (Å²) in [7, 11) is -3.23. The molecule has 0 aromatic carbocycles.